The van der Waals surface area contributed by atoms with Crippen LogP contribution in [0.25, 0.3) is 5.78 Å². The molecule has 6 nitrogen and oxygen atoms in total. The topological polar surface area (TPSA) is 72.2 Å². The molecule has 1 amide bonds. The predicted molar refractivity (Wildman–Crippen MR) is 107 cm³/mol. The molecule has 0 bridgehead atoms. The van der Waals surface area contributed by atoms with Crippen LogP contribution in [0.1, 0.15) is 33.1 Å². The SMILES string of the molecule is Cc1cc(C)n2nc(C(=O)Nc3cccc(C#Cc4ccccc4)c3)nc2n1. The third kappa shape index (κ3) is 3.74. The summed E-state index contributed by atoms with van der Waals surface area (Å²) in [6, 6.07) is 19.0. The van der Waals surface area contributed by atoms with Crippen LogP contribution in [0.5, 0.6) is 0 Å². The van der Waals surface area contributed by atoms with E-state index < -0.39 is 5.91 Å². The molecule has 1 N–H and O–H groups in total. The molecule has 4 aromatic rings. The van der Waals surface area contributed by atoms with E-state index in [2.05, 4.69) is 32.2 Å². The Hall–Kier alpha value is -3.98. The summed E-state index contributed by atoms with van der Waals surface area (Å²) in [7, 11) is 0. The first-order valence-electron chi connectivity index (χ1n) is 8.78. The Morgan fingerprint density at radius 3 is 2.50 bits per heavy atom. The van der Waals surface area contributed by atoms with Gasteiger partial charge in [-0.2, -0.15) is 4.98 Å². The van der Waals surface area contributed by atoms with Crippen LogP contribution in [0.2, 0.25) is 0 Å². The first kappa shape index (κ1) is 17.4. The lowest BCUT2D eigenvalue weighted by Gasteiger charge is -2.02. The Bertz CT molecular complexity index is 1230. The fraction of sp³-hybridized carbons (Fsp3) is 0.0909. The van der Waals surface area contributed by atoms with Crippen molar-refractivity contribution in [3.8, 4) is 11.8 Å². The third-order valence-corrected chi connectivity index (χ3v) is 4.07. The van der Waals surface area contributed by atoms with Crippen LogP contribution >= 0.6 is 0 Å². The van der Waals surface area contributed by atoms with Crippen LogP contribution in [0.3, 0.4) is 0 Å². The second kappa shape index (κ2) is 7.33. The first-order chi connectivity index (χ1) is 13.6. The highest BCUT2D eigenvalue weighted by Crippen LogP contribution is 2.12. The lowest BCUT2D eigenvalue weighted by Crippen LogP contribution is -2.14. The third-order valence-electron chi connectivity index (χ3n) is 4.07. The number of fused-ring (bicyclic) bond motifs is 1. The van der Waals surface area contributed by atoms with E-state index >= 15 is 0 Å². The molecule has 0 saturated heterocycles. The van der Waals surface area contributed by atoms with Gasteiger partial charge in [0.1, 0.15) is 0 Å². The van der Waals surface area contributed by atoms with Gasteiger partial charge in [0.15, 0.2) is 0 Å². The van der Waals surface area contributed by atoms with Crippen molar-refractivity contribution >= 4 is 17.4 Å². The lowest BCUT2D eigenvalue weighted by molar-refractivity contribution is 0.101. The summed E-state index contributed by atoms with van der Waals surface area (Å²) in [4.78, 5) is 21.1. The Morgan fingerprint density at radius 2 is 1.68 bits per heavy atom. The molecule has 2 aromatic carbocycles. The Labute approximate surface area is 162 Å². The summed E-state index contributed by atoms with van der Waals surface area (Å²) in [6.45, 7) is 3.77. The molecule has 6 heteroatoms. The average Bonchev–Trinajstić information content (AvgIpc) is 3.12. The van der Waals surface area contributed by atoms with Crippen LogP contribution in [-0.4, -0.2) is 25.5 Å². The van der Waals surface area contributed by atoms with Crippen LogP contribution in [0, 0.1) is 25.7 Å². The van der Waals surface area contributed by atoms with Crippen molar-refractivity contribution in [3.63, 3.8) is 0 Å². The molecule has 2 aromatic heterocycles. The van der Waals surface area contributed by atoms with Gasteiger partial charge in [-0.15, -0.1) is 5.10 Å². The van der Waals surface area contributed by atoms with Crippen LogP contribution in [0.15, 0.2) is 60.7 Å². The van der Waals surface area contributed by atoms with Crippen molar-refractivity contribution in [1.82, 2.24) is 19.6 Å². The maximum absolute atomic E-state index is 12.6. The lowest BCUT2D eigenvalue weighted by atomic mass is 10.1. The van der Waals surface area contributed by atoms with Crippen molar-refractivity contribution in [2.24, 2.45) is 0 Å². The molecule has 0 spiro atoms. The van der Waals surface area contributed by atoms with Gasteiger partial charge in [0.05, 0.1) is 0 Å². The minimum Gasteiger partial charge on any atom is -0.319 e. The van der Waals surface area contributed by atoms with Crippen LogP contribution in [0.4, 0.5) is 5.69 Å². The summed E-state index contributed by atoms with van der Waals surface area (Å²) >= 11 is 0. The average molecular weight is 367 g/mol. The summed E-state index contributed by atoms with van der Waals surface area (Å²) in [5, 5.41) is 7.07. The molecular formula is C22H17N5O. The number of anilines is 1. The Kier molecular flexibility index (Phi) is 4.56. The smallest absolute Gasteiger partial charge is 0.295 e. The number of hydrogen-bond acceptors (Lipinski definition) is 4. The summed E-state index contributed by atoms with van der Waals surface area (Å²) < 4.78 is 1.56. The van der Waals surface area contributed by atoms with Gasteiger partial charge in [0, 0.05) is 28.2 Å². The minimum absolute atomic E-state index is 0.0713. The minimum atomic E-state index is -0.393. The number of aryl methyl sites for hydroxylation is 2. The van der Waals surface area contributed by atoms with E-state index in [0.29, 0.717) is 11.5 Å². The molecule has 28 heavy (non-hydrogen) atoms. The van der Waals surface area contributed by atoms with E-state index in [-0.39, 0.29) is 5.82 Å². The van der Waals surface area contributed by atoms with Gasteiger partial charge in [0.25, 0.3) is 11.7 Å². The van der Waals surface area contributed by atoms with Gasteiger partial charge in [-0.25, -0.2) is 9.50 Å². The highest BCUT2D eigenvalue weighted by molar-refractivity contribution is 6.01. The summed E-state index contributed by atoms with van der Waals surface area (Å²) in [6.07, 6.45) is 0. The number of nitrogens with one attached hydrogen (secondary N) is 1. The van der Waals surface area contributed by atoms with Crippen molar-refractivity contribution < 1.29 is 4.79 Å². The molecule has 0 radical (unpaired) electrons. The molecule has 0 atom stereocenters. The van der Waals surface area contributed by atoms with E-state index in [1.165, 1.54) is 0 Å². The van der Waals surface area contributed by atoms with Gasteiger partial charge >= 0.3 is 0 Å². The molecule has 4 rings (SSSR count). The highest BCUT2D eigenvalue weighted by Gasteiger charge is 2.15. The van der Waals surface area contributed by atoms with E-state index in [9.17, 15) is 4.79 Å². The van der Waals surface area contributed by atoms with Crippen LogP contribution < -0.4 is 5.32 Å². The van der Waals surface area contributed by atoms with Gasteiger partial charge in [-0.05, 0) is 50.2 Å². The summed E-state index contributed by atoms with van der Waals surface area (Å²) in [5.41, 5.74) is 4.06. The zero-order valence-electron chi connectivity index (χ0n) is 15.5. The number of amides is 1. The molecule has 0 fully saturated rings. The maximum atomic E-state index is 12.6. The van der Waals surface area contributed by atoms with Gasteiger partial charge < -0.3 is 5.32 Å². The number of carbonyl (C=O) groups excluding carboxylic acids is 1. The molecule has 0 aliphatic rings. The number of benzene rings is 2. The van der Waals surface area contributed by atoms with E-state index in [0.717, 1.165) is 22.5 Å². The van der Waals surface area contributed by atoms with Gasteiger partial charge in [0.2, 0.25) is 5.82 Å². The maximum Gasteiger partial charge on any atom is 0.295 e. The largest absolute Gasteiger partial charge is 0.319 e. The molecule has 0 saturated carbocycles. The van der Waals surface area contributed by atoms with Crippen molar-refractivity contribution in [1.29, 1.82) is 0 Å². The van der Waals surface area contributed by atoms with E-state index in [1.54, 1.807) is 10.6 Å². The molecule has 0 aliphatic heterocycles. The summed E-state index contributed by atoms with van der Waals surface area (Å²) in [5.74, 6) is 6.29. The van der Waals surface area contributed by atoms with Crippen LogP contribution in [-0.2, 0) is 0 Å². The standard InChI is InChI=1S/C22H17N5O/c1-15-13-16(2)27-22(23-15)25-20(26-27)21(28)24-19-10-6-9-18(14-19)12-11-17-7-4-3-5-8-17/h3-10,13-14H,1-2H3,(H,24,28). The molecule has 2 heterocycles. The van der Waals surface area contributed by atoms with Gasteiger partial charge in [-0.1, -0.05) is 36.1 Å². The van der Waals surface area contributed by atoms with Crippen molar-refractivity contribution in [2.45, 2.75) is 13.8 Å². The Balaban J connectivity index is 1.55. The monoisotopic (exact) mass is 367 g/mol. The first-order valence-corrected chi connectivity index (χ1v) is 8.78. The number of nitrogens with zero attached hydrogens (tertiary/aromatic N) is 4. The van der Waals surface area contributed by atoms with E-state index in [1.807, 2.05) is 68.4 Å². The number of aromatic nitrogens is 4. The normalized spacial score (nSPS) is 10.4. The zero-order chi connectivity index (χ0) is 19.5. The molecule has 0 aliphatic carbocycles. The molecular weight excluding hydrogens is 350 g/mol. The predicted octanol–water partition coefficient (Wildman–Crippen LogP) is 3.39. The second-order valence-electron chi connectivity index (χ2n) is 6.34. The molecule has 136 valence electrons. The fourth-order valence-electron chi connectivity index (χ4n) is 2.79. The highest BCUT2D eigenvalue weighted by atomic mass is 16.2. The van der Waals surface area contributed by atoms with Crippen molar-refractivity contribution in [2.75, 3.05) is 5.32 Å². The quantitative estimate of drug-likeness (QED) is 0.551. The number of hydrogen-bond donors (Lipinski definition) is 1. The van der Waals surface area contributed by atoms with Crippen molar-refractivity contribution in [3.05, 3.63) is 89.0 Å². The number of carbonyl (C=O) groups is 1. The molecule has 0 unspecified atom stereocenters. The number of rotatable bonds is 2. The second-order valence-corrected chi connectivity index (χ2v) is 6.34. The fourth-order valence-corrected chi connectivity index (χ4v) is 2.79. The Morgan fingerprint density at radius 1 is 0.929 bits per heavy atom. The van der Waals surface area contributed by atoms with E-state index in [4.69, 9.17) is 0 Å². The van der Waals surface area contributed by atoms with Gasteiger partial charge in [-0.3, -0.25) is 4.79 Å². The zero-order valence-corrected chi connectivity index (χ0v) is 15.5.